The lowest BCUT2D eigenvalue weighted by atomic mass is 9.88. The zero-order chi connectivity index (χ0) is 12.0. The number of aliphatic hydroxyl groups excluding tert-OH is 1. The summed E-state index contributed by atoms with van der Waals surface area (Å²) in [5.41, 5.74) is 0. The maximum absolute atomic E-state index is 10.3. The van der Waals surface area contributed by atoms with Crippen molar-refractivity contribution in [2.45, 2.75) is 44.8 Å². The highest BCUT2D eigenvalue weighted by Crippen LogP contribution is 2.54. The monoisotopic (exact) mass is 255 g/mol. The van der Waals surface area contributed by atoms with Gasteiger partial charge in [-0.15, -0.1) is 0 Å². The fourth-order valence-corrected chi connectivity index (χ4v) is 4.98. The van der Waals surface area contributed by atoms with Crippen molar-refractivity contribution in [1.82, 2.24) is 4.90 Å². The zero-order valence-electron chi connectivity index (χ0n) is 10.8. The lowest BCUT2D eigenvalue weighted by molar-refractivity contribution is 0.0493. The molecule has 1 aliphatic heterocycles. The van der Waals surface area contributed by atoms with Gasteiger partial charge in [0.05, 0.1) is 6.10 Å². The van der Waals surface area contributed by atoms with Gasteiger partial charge in [0.2, 0.25) is 0 Å². The fraction of sp³-hybridized carbons (Fsp3) is 1.00. The number of rotatable bonds is 5. The molecule has 3 heteroatoms. The van der Waals surface area contributed by atoms with Crippen molar-refractivity contribution in [2.24, 2.45) is 23.7 Å². The van der Waals surface area contributed by atoms with Gasteiger partial charge in [-0.2, -0.15) is 12.6 Å². The van der Waals surface area contributed by atoms with Crippen LogP contribution in [0.5, 0.6) is 0 Å². The van der Waals surface area contributed by atoms with Crippen LogP contribution in [0.1, 0.15) is 32.6 Å². The molecule has 3 fully saturated rings. The summed E-state index contributed by atoms with van der Waals surface area (Å²) < 4.78 is 0. The minimum Gasteiger partial charge on any atom is -0.391 e. The van der Waals surface area contributed by atoms with Crippen LogP contribution in [-0.2, 0) is 0 Å². The molecule has 1 saturated heterocycles. The van der Waals surface area contributed by atoms with E-state index in [2.05, 4.69) is 24.5 Å². The van der Waals surface area contributed by atoms with Crippen LogP contribution in [0.15, 0.2) is 0 Å². The summed E-state index contributed by atoms with van der Waals surface area (Å²) in [4.78, 5) is 2.60. The van der Waals surface area contributed by atoms with Gasteiger partial charge in [0.1, 0.15) is 0 Å². The number of fused-ring (bicyclic) bond motifs is 1. The summed E-state index contributed by atoms with van der Waals surface area (Å²) in [6.45, 7) is 4.78. The summed E-state index contributed by atoms with van der Waals surface area (Å²) >= 11 is 4.30. The Balaban J connectivity index is 1.55. The molecule has 0 radical (unpaired) electrons. The van der Waals surface area contributed by atoms with Crippen molar-refractivity contribution in [3.8, 4) is 0 Å². The van der Waals surface area contributed by atoms with Crippen LogP contribution in [0.4, 0.5) is 0 Å². The number of thiol groups is 1. The Labute approximate surface area is 110 Å². The van der Waals surface area contributed by atoms with Crippen LogP contribution >= 0.6 is 12.6 Å². The quantitative estimate of drug-likeness (QED) is 0.734. The highest BCUT2D eigenvalue weighted by molar-refractivity contribution is 7.80. The van der Waals surface area contributed by atoms with Gasteiger partial charge in [-0.3, -0.25) is 4.90 Å². The molecule has 1 N–H and O–H groups in total. The van der Waals surface area contributed by atoms with E-state index in [-0.39, 0.29) is 6.10 Å². The smallest absolute Gasteiger partial charge is 0.0726 e. The first-order chi connectivity index (χ1) is 8.20. The molecule has 6 atom stereocenters. The minimum absolute atomic E-state index is 0.0149. The molecule has 3 aliphatic rings. The maximum atomic E-state index is 10.3. The molecule has 17 heavy (non-hydrogen) atoms. The molecular formula is C14H25NOS. The van der Waals surface area contributed by atoms with Gasteiger partial charge in [-0.1, -0.05) is 6.92 Å². The lowest BCUT2D eigenvalue weighted by Crippen LogP contribution is -2.41. The Morgan fingerprint density at radius 3 is 2.82 bits per heavy atom. The molecule has 0 aromatic heterocycles. The molecular weight excluding hydrogens is 230 g/mol. The molecule has 1 heterocycles. The summed E-state index contributed by atoms with van der Waals surface area (Å²) in [7, 11) is 0. The third-order valence-electron chi connectivity index (χ3n) is 5.48. The average molecular weight is 255 g/mol. The first-order valence-corrected chi connectivity index (χ1v) is 7.87. The number of hydrogen-bond donors (Lipinski definition) is 2. The summed E-state index contributed by atoms with van der Waals surface area (Å²) in [6, 6.07) is 0.516. The molecule has 0 spiro atoms. The Bertz CT molecular complexity index is 283. The third kappa shape index (κ3) is 2.04. The topological polar surface area (TPSA) is 23.5 Å². The molecule has 0 aromatic rings. The van der Waals surface area contributed by atoms with Crippen LogP contribution in [0.25, 0.3) is 0 Å². The van der Waals surface area contributed by atoms with Gasteiger partial charge in [-0.25, -0.2) is 0 Å². The lowest BCUT2D eigenvalue weighted by Gasteiger charge is -2.29. The first kappa shape index (κ1) is 12.3. The summed E-state index contributed by atoms with van der Waals surface area (Å²) in [5.74, 6) is 4.15. The highest BCUT2D eigenvalue weighted by atomic mass is 32.1. The summed E-state index contributed by atoms with van der Waals surface area (Å²) in [5, 5.41) is 10.3. The predicted molar refractivity (Wildman–Crippen MR) is 73.3 cm³/mol. The highest BCUT2D eigenvalue weighted by Gasteiger charge is 2.58. The van der Waals surface area contributed by atoms with Crippen LogP contribution < -0.4 is 0 Å². The van der Waals surface area contributed by atoms with E-state index in [9.17, 15) is 5.11 Å². The molecule has 6 unspecified atom stereocenters. The first-order valence-electron chi connectivity index (χ1n) is 7.23. The van der Waals surface area contributed by atoms with E-state index in [0.717, 1.165) is 23.5 Å². The maximum Gasteiger partial charge on any atom is 0.0726 e. The number of aliphatic hydroxyl groups is 1. The van der Waals surface area contributed by atoms with Gasteiger partial charge < -0.3 is 5.11 Å². The number of nitrogens with zero attached hydrogens (tertiary/aromatic N) is 1. The molecule has 0 amide bonds. The van der Waals surface area contributed by atoms with Gasteiger partial charge >= 0.3 is 0 Å². The van der Waals surface area contributed by atoms with Crippen molar-refractivity contribution in [2.75, 3.05) is 18.8 Å². The van der Waals surface area contributed by atoms with Crippen LogP contribution in [0.3, 0.4) is 0 Å². The number of likely N-dealkylation sites (tertiary alicyclic amines) is 1. The predicted octanol–water partition coefficient (Wildman–Crippen LogP) is 2.03. The molecule has 2 saturated carbocycles. The Morgan fingerprint density at radius 2 is 2.12 bits per heavy atom. The third-order valence-corrected chi connectivity index (χ3v) is 5.74. The van der Waals surface area contributed by atoms with Gasteiger partial charge in [0.25, 0.3) is 0 Å². The van der Waals surface area contributed by atoms with Gasteiger partial charge in [0, 0.05) is 12.6 Å². The molecule has 98 valence electrons. The van der Waals surface area contributed by atoms with Crippen molar-refractivity contribution < 1.29 is 5.11 Å². The molecule has 0 aromatic carbocycles. The second-order valence-electron chi connectivity index (χ2n) is 6.54. The second-order valence-corrected chi connectivity index (χ2v) is 6.98. The van der Waals surface area contributed by atoms with Crippen molar-refractivity contribution in [3.05, 3.63) is 0 Å². The number of hydrogen-bond acceptors (Lipinski definition) is 3. The van der Waals surface area contributed by atoms with E-state index < -0.39 is 0 Å². The Morgan fingerprint density at radius 1 is 1.29 bits per heavy atom. The molecule has 3 rings (SSSR count). The SMILES string of the molecule is CC(CCS)CCN1CC2CC3CC2C1C3O. The van der Waals surface area contributed by atoms with Crippen molar-refractivity contribution in [1.29, 1.82) is 0 Å². The van der Waals surface area contributed by atoms with Crippen molar-refractivity contribution in [3.63, 3.8) is 0 Å². The van der Waals surface area contributed by atoms with Crippen molar-refractivity contribution >= 4 is 12.6 Å². The Hall–Kier alpha value is 0.270. The van der Waals surface area contributed by atoms with Crippen LogP contribution in [0, 0.1) is 23.7 Å². The Kier molecular flexibility index (Phi) is 3.44. The molecule has 2 bridgehead atoms. The van der Waals surface area contributed by atoms with E-state index >= 15 is 0 Å². The average Bonchev–Trinajstić information content (AvgIpc) is 2.87. The second kappa shape index (κ2) is 4.75. The largest absolute Gasteiger partial charge is 0.391 e. The van der Waals surface area contributed by atoms with Crippen LogP contribution in [0.2, 0.25) is 0 Å². The van der Waals surface area contributed by atoms with E-state index in [1.54, 1.807) is 0 Å². The zero-order valence-corrected chi connectivity index (χ0v) is 11.6. The van der Waals surface area contributed by atoms with Gasteiger partial charge in [0.15, 0.2) is 0 Å². The van der Waals surface area contributed by atoms with Gasteiger partial charge in [-0.05, 0) is 61.7 Å². The van der Waals surface area contributed by atoms with E-state index in [1.807, 2.05) is 0 Å². The molecule has 2 nitrogen and oxygen atoms in total. The summed E-state index contributed by atoms with van der Waals surface area (Å²) in [6.07, 6.45) is 5.08. The minimum atomic E-state index is -0.0149. The van der Waals surface area contributed by atoms with E-state index in [4.69, 9.17) is 0 Å². The van der Waals surface area contributed by atoms with E-state index in [0.29, 0.717) is 12.0 Å². The molecule has 2 aliphatic carbocycles. The van der Waals surface area contributed by atoms with E-state index in [1.165, 1.54) is 38.8 Å². The fourth-order valence-electron chi connectivity index (χ4n) is 4.54. The standard InChI is InChI=1S/C14H25NOS/c1-9(3-5-17)2-4-15-8-11-6-10-7-12(11)13(15)14(10)16/h9-14,16-17H,2-8H2,1H3. The van der Waals surface area contributed by atoms with Crippen LogP contribution in [-0.4, -0.2) is 41.0 Å². The normalized spacial score (nSPS) is 45.7.